The number of ether oxygens (including phenoxy) is 2. The molecule has 1 N–H and O–H groups in total. The fourth-order valence-electron chi connectivity index (χ4n) is 2.38. The van der Waals surface area contributed by atoms with Crippen molar-refractivity contribution in [3.63, 3.8) is 0 Å². The van der Waals surface area contributed by atoms with Gasteiger partial charge in [0.25, 0.3) is 0 Å². The third kappa shape index (κ3) is 2.14. The van der Waals surface area contributed by atoms with E-state index in [1.54, 1.807) is 14.2 Å². The fraction of sp³-hybridized carbons (Fsp3) is 0.538. The average molecular weight is 221 g/mol. The van der Waals surface area contributed by atoms with Crippen molar-refractivity contribution >= 4 is 0 Å². The Labute approximate surface area is 96.8 Å². The van der Waals surface area contributed by atoms with Gasteiger partial charge in [-0.25, -0.2) is 0 Å². The lowest BCUT2D eigenvalue weighted by atomic mass is 9.90. The zero-order chi connectivity index (χ0) is 11.4. The van der Waals surface area contributed by atoms with E-state index in [2.05, 4.69) is 5.32 Å². The van der Waals surface area contributed by atoms with E-state index in [1.807, 2.05) is 18.2 Å². The van der Waals surface area contributed by atoms with Gasteiger partial charge in [-0.05, 0) is 31.5 Å². The molecule has 0 amide bonds. The highest BCUT2D eigenvalue weighted by molar-refractivity contribution is 5.47. The second-order valence-electron chi connectivity index (χ2n) is 4.12. The Hall–Kier alpha value is -1.22. The third-order valence-corrected chi connectivity index (χ3v) is 3.17. The minimum Gasteiger partial charge on any atom is -0.496 e. The summed E-state index contributed by atoms with van der Waals surface area (Å²) in [7, 11) is 3.43. The Morgan fingerprint density at radius 2 is 1.88 bits per heavy atom. The first kappa shape index (κ1) is 11.3. The second-order valence-corrected chi connectivity index (χ2v) is 4.12. The fourth-order valence-corrected chi connectivity index (χ4v) is 2.38. The zero-order valence-electron chi connectivity index (χ0n) is 9.95. The van der Waals surface area contributed by atoms with Crippen LogP contribution in [-0.4, -0.2) is 27.3 Å². The molecule has 1 fully saturated rings. The summed E-state index contributed by atoms with van der Waals surface area (Å²) < 4.78 is 10.9. The van der Waals surface area contributed by atoms with Crippen molar-refractivity contribution in [1.29, 1.82) is 0 Å². The Morgan fingerprint density at radius 3 is 2.38 bits per heavy atom. The van der Waals surface area contributed by atoms with Gasteiger partial charge in [0.05, 0.1) is 14.2 Å². The van der Waals surface area contributed by atoms with Crippen LogP contribution < -0.4 is 14.8 Å². The highest BCUT2D eigenvalue weighted by atomic mass is 16.5. The standard InChI is InChI=1S/C13H19NO2/c1-15-11-6-3-7-12(16-2)13(11)10-5-4-8-14-9-10/h3,6-7,10,14H,4-5,8-9H2,1-2H3/t10-/m1/s1. The molecule has 0 bridgehead atoms. The summed E-state index contributed by atoms with van der Waals surface area (Å²) in [4.78, 5) is 0. The van der Waals surface area contributed by atoms with Gasteiger partial charge < -0.3 is 14.8 Å². The Kier molecular flexibility index (Phi) is 3.67. The van der Waals surface area contributed by atoms with E-state index in [0.29, 0.717) is 5.92 Å². The molecule has 0 saturated carbocycles. The summed E-state index contributed by atoms with van der Waals surface area (Å²) in [6.07, 6.45) is 2.41. The Morgan fingerprint density at radius 1 is 1.19 bits per heavy atom. The smallest absolute Gasteiger partial charge is 0.126 e. The number of piperidine rings is 1. The van der Waals surface area contributed by atoms with E-state index >= 15 is 0 Å². The molecule has 1 heterocycles. The predicted octanol–water partition coefficient (Wildman–Crippen LogP) is 2.17. The highest BCUT2D eigenvalue weighted by Gasteiger charge is 2.22. The molecule has 1 aliphatic heterocycles. The molecular formula is C13H19NO2. The minimum atomic E-state index is 0.500. The lowest BCUT2D eigenvalue weighted by Gasteiger charge is -2.26. The highest BCUT2D eigenvalue weighted by Crippen LogP contribution is 2.37. The molecular weight excluding hydrogens is 202 g/mol. The molecule has 88 valence electrons. The van der Waals surface area contributed by atoms with E-state index in [1.165, 1.54) is 18.4 Å². The lowest BCUT2D eigenvalue weighted by Crippen LogP contribution is -2.28. The van der Waals surface area contributed by atoms with Crippen LogP contribution in [0.15, 0.2) is 18.2 Å². The van der Waals surface area contributed by atoms with Gasteiger partial charge in [0.1, 0.15) is 11.5 Å². The van der Waals surface area contributed by atoms with E-state index in [4.69, 9.17) is 9.47 Å². The average Bonchev–Trinajstić information content (AvgIpc) is 2.38. The summed E-state index contributed by atoms with van der Waals surface area (Å²) in [5, 5.41) is 3.42. The van der Waals surface area contributed by atoms with Gasteiger partial charge >= 0.3 is 0 Å². The third-order valence-electron chi connectivity index (χ3n) is 3.17. The van der Waals surface area contributed by atoms with Crippen LogP contribution in [0, 0.1) is 0 Å². The number of rotatable bonds is 3. The number of hydrogen-bond donors (Lipinski definition) is 1. The van der Waals surface area contributed by atoms with E-state index in [0.717, 1.165) is 24.6 Å². The lowest BCUT2D eigenvalue weighted by molar-refractivity contribution is 0.364. The van der Waals surface area contributed by atoms with Crippen LogP contribution in [0.3, 0.4) is 0 Å². The summed E-state index contributed by atoms with van der Waals surface area (Å²) in [6, 6.07) is 5.98. The molecule has 0 aromatic heterocycles. The van der Waals surface area contributed by atoms with Crippen LogP contribution in [0.25, 0.3) is 0 Å². The number of benzene rings is 1. The molecule has 0 unspecified atom stereocenters. The molecule has 16 heavy (non-hydrogen) atoms. The molecule has 1 aromatic carbocycles. The van der Waals surface area contributed by atoms with Crippen LogP contribution in [0.5, 0.6) is 11.5 Å². The van der Waals surface area contributed by atoms with Crippen molar-refractivity contribution in [2.24, 2.45) is 0 Å². The van der Waals surface area contributed by atoms with Crippen LogP contribution in [0.2, 0.25) is 0 Å². The first-order valence-electron chi connectivity index (χ1n) is 5.78. The van der Waals surface area contributed by atoms with Crippen molar-refractivity contribution in [1.82, 2.24) is 5.32 Å². The largest absolute Gasteiger partial charge is 0.496 e. The number of nitrogens with one attached hydrogen (secondary N) is 1. The maximum Gasteiger partial charge on any atom is 0.126 e. The van der Waals surface area contributed by atoms with Crippen molar-refractivity contribution in [2.75, 3.05) is 27.3 Å². The van der Waals surface area contributed by atoms with Crippen molar-refractivity contribution < 1.29 is 9.47 Å². The Balaban J connectivity index is 2.34. The topological polar surface area (TPSA) is 30.5 Å². The molecule has 0 spiro atoms. The number of hydrogen-bond acceptors (Lipinski definition) is 3. The van der Waals surface area contributed by atoms with E-state index in [-0.39, 0.29) is 0 Å². The summed E-state index contributed by atoms with van der Waals surface area (Å²) in [5.41, 5.74) is 1.21. The molecule has 3 heteroatoms. The summed E-state index contributed by atoms with van der Waals surface area (Å²) in [6.45, 7) is 2.13. The molecule has 1 saturated heterocycles. The van der Waals surface area contributed by atoms with Crippen LogP contribution in [0.1, 0.15) is 24.3 Å². The molecule has 1 aliphatic rings. The van der Waals surface area contributed by atoms with Gasteiger partial charge in [-0.3, -0.25) is 0 Å². The number of methoxy groups -OCH3 is 2. The maximum absolute atomic E-state index is 5.43. The molecule has 3 nitrogen and oxygen atoms in total. The normalized spacial score (nSPS) is 20.5. The first-order valence-corrected chi connectivity index (χ1v) is 5.78. The van der Waals surface area contributed by atoms with E-state index in [9.17, 15) is 0 Å². The van der Waals surface area contributed by atoms with Crippen LogP contribution in [0.4, 0.5) is 0 Å². The van der Waals surface area contributed by atoms with Gasteiger partial charge in [0.15, 0.2) is 0 Å². The SMILES string of the molecule is COc1cccc(OC)c1[C@@H]1CCCNC1. The molecule has 0 aliphatic carbocycles. The van der Waals surface area contributed by atoms with Gasteiger partial charge in [-0.1, -0.05) is 6.07 Å². The van der Waals surface area contributed by atoms with Gasteiger partial charge in [-0.15, -0.1) is 0 Å². The van der Waals surface area contributed by atoms with Gasteiger partial charge in [-0.2, -0.15) is 0 Å². The van der Waals surface area contributed by atoms with Crippen molar-refractivity contribution in [2.45, 2.75) is 18.8 Å². The van der Waals surface area contributed by atoms with Crippen LogP contribution >= 0.6 is 0 Å². The summed E-state index contributed by atoms with van der Waals surface area (Å²) >= 11 is 0. The quantitative estimate of drug-likeness (QED) is 0.848. The Bertz CT molecular complexity index is 324. The summed E-state index contributed by atoms with van der Waals surface area (Å²) in [5.74, 6) is 2.38. The predicted molar refractivity (Wildman–Crippen MR) is 64.4 cm³/mol. The monoisotopic (exact) mass is 221 g/mol. The molecule has 0 radical (unpaired) electrons. The van der Waals surface area contributed by atoms with Crippen molar-refractivity contribution in [3.8, 4) is 11.5 Å². The van der Waals surface area contributed by atoms with Gasteiger partial charge in [0, 0.05) is 18.0 Å². The molecule has 2 rings (SSSR count). The first-order chi connectivity index (χ1) is 7.86. The van der Waals surface area contributed by atoms with Crippen LogP contribution in [-0.2, 0) is 0 Å². The molecule has 1 aromatic rings. The van der Waals surface area contributed by atoms with Crippen molar-refractivity contribution in [3.05, 3.63) is 23.8 Å². The minimum absolute atomic E-state index is 0.500. The zero-order valence-corrected chi connectivity index (χ0v) is 9.95. The maximum atomic E-state index is 5.43. The van der Waals surface area contributed by atoms with E-state index < -0.39 is 0 Å². The van der Waals surface area contributed by atoms with Gasteiger partial charge in [0.2, 0.25) is 0 Å². The molecule has 1 atom stereocenters. The second kappa shape index (κ2) is 5.21.